The fourth-order valence-electron chi connectivity index (χ4n) is 5.41. The molecule has 4 N–H and O–H groups in total. The second kappa shape index (κ2) is 12.0. The third-order valence-electron chi connectivity index (χ3n) is 7.47. The quantitative estimate of drug-likeness (QED) is 0.150. The summed E-state index contributed by atoms with van der Waals surface area (Å²) in [6.07, 6.45) is 1.81. The van der Waals surface area contributed by atoms with Crippen LogP contribution >= 0.6 is 12.2 Å². The predicted octanol–water partition coefficient (Wildman–Crippen LogP) is 5.89. The molecule has 6 rings (SSSR count). The highest BCUT2D eigenvalue weighted by Crippen LogP contribution is 2.40. The van der Waals surface area contributed by atoms with E-state index in [2.05, 4.69) is 15.6 Å². The summed E-state index contributed by atoms with van der Waals surface area (Å²) in [5.41, 5.74) is 1.38. The Morgan fingerprint density at radius 3 is 2.36 bits per heavy atom. The molecule has 0 spiro atoms. The Morgan fingerprint density at radius 2 is 1.64 bits per heavy atom. The molecule has 0 aliphatic carbocycles. The van der Waals surface area contributed by atoms with Crippen LogP contribution in [0.2, 0.25) is 0 Å². The van der Waals surface area contributed by atoms with Crippen molar-refractivity contribution in [2.75, 3.05) is 11.9 Å². The van der Waals surface area contributed by atoms with Crippen LogP contribution in [0.3, 0.4) is 0 Å². The van der Waals surface area contributed by atoms with Gasteiger partial charge in [0.1, 0.15) is 17.6 Å². The number of rotatable bonds is 9. The van der Waals surface area contributed by atoms with Gasteiger partial charge in [-0.1, -0.05) is 42.5 Å². The van der Waals surface area contributed by atoms with Crippen LogP contribution in [0.25, 0.3) is 22.1 Å². The normalized spacial score (nSPS) is 16.1. The highest BCUT2D eigenvalue weighted by molar-refractivity contribution is 7.80. The number of nitrogens with zero attached hydrogens (tertiary/aromatic N) is 2. The number of thiocarbonyl (C=S) groups is 1. The first-order valence-corrected chi connectivity index (χ1v) is 14.2. The number of nitrogens with one attached hydrogen (secondary N) is 2. The summed E-state index contributed by atoms with van der Waals surface area (Å²) in [4.78, 5) is 42.9. The van der Waals surface area contributed by atoms with Crippen LogP contribution < -0.4 is 10.6 Å². The average molecular weight is 607 g/mol. The highest BCUT2D eigenvalue weighted by atomic mass is 32.1. The molecular weight excluding hydrogens is 580 g/mol. The fourth-order valence-corrected chi connectivity index (χ4v) is 5.74. The number of amides is 1. The Morgan fingerprint density at radius 1 is 0.909 bits per heavy atom. The number of hydrogen-bond donors (Lipinski definition) is 4. The van der Waals surface area contributed by atoms with Gasteiger partial charge in [-0.3, -0.25) is 9.78 Å². The number of carboxylic acid groups (broad SMARTS) is 2. The van der Waals surface area contributed by atoms with Gasteiger partial charge >= 0.3 is 11.9 Å². The second-order valence-electron chi connectivity index (χ2n) is 10.3. The SMILES string of the molecule is O=C(CCN1C(=S)N[C@H](c2ccccn2)[C@H]1c1ccc(-c2cc(C(=O)O)cc(C(=O)O)c2)o1)Nc1cccc2ccccc12. The van der Waals surface area contributed by atoms with Crippen molar-refractivity contribution in [1.29, 1.82) is 0 Å². The highest BCUT2D eigenvalue weighted by Gasteiger charge is 2.41. The summed E-state index contributed by atoms with van der Waals surface area (Å²) in [6, 6.07) is 25.4. The van der Waals surface area contributed by atoms with E-state index in [1.54, 1.807) is 18.3 Å². The molecule has 0 bridgehead atoms. The van der Waals surface area contributed by atoms with Gasteiger partial charge in [0.15, 0.2) is 5.11 Å². The lowest BCUT2D eigenvalue weighted by Crippen LogP contribution is -2.32. The smallest absolute Gasteiger partial charge is 0.335 e. The Kier molecular flexibility index (Phi) is 7.78. The van der Waals surface area contributed by atoms with Crippen LogP contribution in [0.4, 0.5) is 5.69 Å². The molecule has 0 saturated carbocycles. The Labute approximate surface area is 257 Å². The zero-order valence-corrected chi connectivity index (χ0v) is 24.0. The third kappa shape index (κ3) is 5.72. The van der Waals surface area contributed by atoms with Crippen molar-refractivity contribution in [3.63, 3.8) is 0 Å². The van der Waals surface area contributed by atoms with Gasteiger partial charge in [-0.15, -0.1) is 0 Å². The molecule has 1 amide bonds. The van der Waals surface area contributed by atoms with Gasteiger partial charge in [0.05, 0.1) is 22.9 Å². The van der Waals surface area contributed by atoms with Crippen molar-refractivity contribution < 1.29 is 29.0 Å². The van der Waals surface area contributed by atoms with E-state index >= 15 is 0 Å². The fraction of sp³-hybridized carbons (Fsp3) is 0.121. The molecular formula is C33H26N4O6S. The van der Waals surface area contributed by atoms with E-state index < -0.39 is 24.0 Å². The molecule has 2 aromatic heterocycles. The van der Waals surface area contributed by atoms with Gasteiger partial charge in [-0.05, 0) is 66.1 Å². The number of benzene rings is 3. The maximum atomic E-state index is 13.1. The first-order chi connectivity index (χ1) is 21.3. The number of aromatic carboxylic acids is 2. The van der Waals surface area contributed by atoms with Crippen molar-refractivity contribution in [3.05, 3.63) is 120 Å². The number of anilines is 1. The van der Waals surface area contributed by atoms with Crippen LogP contribution in [-0.2, 0) is 4.79 Å². The average Bonchev–Trinajstić information content (AvgIpc) is 3.65. The molecule has 1 fully saturated rings. The van der Waals surface area contributed by atoms with Crippen LogP contribution in [0.5, 0.6) is 0 Å². The Hall–Kier alpha value is -5.55. The molecule has 3 aromatic carbocycles. The molecule has 11 heteroatoms. The number of fused-ring (bicyclic) bond motifs is 1. The summed E-state index contributed by atoms with van der Waals surface area (Å²) >= 11 is 5.71. The van der Waals surface area contributed by atoms with E-state index in [9.17, 15) is 24.6 Å². The van der Waals surface area contributed by atoms with Crippen LogP contribution in [0, 0.1) is 0 Å². The van der Waals surface area contributed by atoms with E-state index in [1.165, 1.54) is 12.1 Å². The third-order valence-corrected chi connectivity index (χ3v) is 7.82. The molecule has 5 aromatic rings. The summed E-state index contributed by atoms with van der Waals surface area (Å²) in [5.74, 6) is -1.92. The number of pyridine rings is 1. The van der Waals surface area contributed by atoms with E-state index in [-0.39, 0.29) is 35.8 Å². The summed E-state index contributed by atoms with van der Waals surface area (Å²) in [7, 11) is 0. The molecule has 44 heavy (non-hydrogen) atoms. The van der Waals surface area contributed by atoms with Gasteiger partial charge in [-0.2, -0.15) is 0 Å². The van der Waals surface area contributed by atoms with Gasteiger partial charge in [0.25, 0.3) is 0 Å². The topological polar surface area (TPSA) is 145 Å². The minimum absolute atomic E-state index is 0.132. The van der Waals surface area contributed by atoms with E-state index in [0.717, 1.165) is 22.5 Å². The van der Waals surface area contributed by atoms with Gasteiger partial charge < -0.3 is 30.2 Å². The number of hydrogen-bond acceptors (Lipinski definition) is 6. The summed E-state index contributed by atoms with van der Waals surface area (Å²) < 4.78 is 6.25. The first-order valence-electron chi connectivity index (χ1n) is 13.8. The summed E-state index contributed by atoms with van der Waals surface area (Å²) in [6.45, 7) is 0.268. The van der Waals surface area contributed by atoms with Crippen molar-refractivity contribution in [1.82, 2.24) is 15.2 Å². The van der Waals surface area contributed by atoms with Crippen molar-refractivity contribution >= 4 is 51.6 Å². The Balaban J connectivity index is 1.29. The molecule has 1 aliphatic rings. The lowest BCUT2D eigenvalue weighted by atomic mass is 10.0. The number of furan rings is 1. The monoisotopic (exact) mass is 606 g/mol. The maximum Gasteiger partial charge on any atom is 0.335 e. The van der Waals surface area contributed by atoms with Crippen LogP contribution in [0.1, 0.15) is 50.7 Å². The molecule has 10 nitrogen and oxygen atoms in total. The molecule has 0 unspecified atom stereocenters. The maximum absolute atomic E-state index is 13.1. The van der Waals surface area contributed by atoms with Crippen LogP contribution in [-0.4, -0.2) is 49.6 Å². The number of carbonyl (C=O) groups is 3. The second-order valence-corrected chi connectivity index (χ2v) is 10.6. The van der Waals surface area contributed by atoms with E-state index in [0.29, 0.717) is 22.1 Å². The summed E-state index contributed by atoms with van der Waals surface area (Å²) in [5, 5.41) is 27.7. The molecule has 1 saturated heterocycles. The van der Waals surface area contributed by atoms with Crippen molar-refractivity contribution in [2.45, 2.75) is 18.5 Å². The molecule has 2 atom stereocenters. The largest absolute Gasteiger partial charge is 0.478 e. The lowest BCUT2D eigenvalue weighted by molar-refractivity contribution is -0.116. The van der Waals surface area contributed by atoms with Crippen molar-refractivity contribution in [2.24, 2.45) is 0 Å². The predicted molar refractivity (Wildman–Crippen MR) is 167 cm³/mol. The zero-order valence-electron chi connectivity index (χ0n) is 23.1. The molecule has 220 valence electrons. The Bertz CT molecular complexity index is 1870. The number of carbonyl (C=O) groups excluding carboxylic acids is 1. The minimum Gasteiger partial charge on any atom is -0.478 e. The standard InChI is InChI=1S/C33H26N4O6S/c38-28(35-24-10-5-7-19-6-1-2-8-23(19)24)13-15-37-30(29(36-33(37)44)25-9-3-4-14-34-25)27-12-11-26(43-27)20-16-21(31(39)40)18-22(17-20)32(41)42/h1-12,14,16-18,29-30H,13,15H2,(H,35,38)(H,36,44)(H,39,40)(H,41,42)/t29-,30-/m1/s1. The van der Waals surface area contributed by atoms with Gasteiger partial charge in [0, 0.05) is 35.8 Å². The number of aromatic nitrogens is 1. The first kappa shape index (κ1) is 28.6. The minimum atomic E-state index is -1.25. The molecule has 0 radical (unpaired) electrons. The van der Waals surface area contributed by atoms with E-state index in [4.69, 9.17) is 16.6 Å². The van der Waals surface area contributed by atoms with Gasteiger partial charge in [0.2, 0.25) is 5.91 Å². The molecule has 1 aliphatic heterocycles. The molecule has 3 heterocycles. The lowest BCUT2D eigenvalue weighted by Gasteiger charge is -2.26. The van der Waals surface area contributed by atoms with E-state index in [1.807, 2.05) is 65.6 Å². The number of carboxylic acids is 2. The van der Waals surface area contributed by atoms with Crippen LogP contribution in [0.15, 0.2) is 102 Å². The van der Waals surface area contributed by atoms with Gasteiger partial charge in [-0.25, -0.2) is 9.59 Å². The van der Waals surface area contributed by atoms with Crippen molar-refractivity contribution in [3.8, 4) is 11.3 Å². The zero-order chi connectivity index (χ0) is 30.8.